The summed E-state index contributed by atoms with van der Waals surface area (Å²) in [5, 5.41) is 5.98. The third-order valence-electron chi connectivity index (χ3n) is 8.64. The zero-order valence-corrected chi connectivity index (χ0v) is 33.9. The van der Waals surface area contributed by atoms with Crippen LogP contribution in [0, 0.1) is 18.8 Å². The van der Waals surface area contributed by atoms with Crippen LogP contribution >= 0.6 is 7.82 Å². The van der Waals surface area contributed by atoms with E-state index < -0.39 is 26.6 Å². The average molecular weight is 788 g/mol. The predicted octanol–water partition coefficient (Wildman–Crippen LogP) is 9.62. The number of ether oxygens (including phenoxy) is 2. The normalized spacial score (nSPS) is 12.7. The number of hydrogen-bond acceptors (Lipinski definition) is 9. The zero-order chi connectivity index (χ0) is 40.7. The standard InChI is InChI=1S/C43H54N3O9P/c1-7-35(36-17-22-40(46(26-30(2)3)27-31(4)5)39(24-36)45-43(49)44-37-18-13-32(6)14-19-37)25-42(48)53-29-52-41(47)23-33-15-20-38(21-16-33)55-56(50,51)54-28-34-11-9-8-10-12-34/h8-22,24,30-31,35H,7,23,25-29H2,1-6H3,(H,50,51)(H2,44,45,49)/t35-/m0/s1. The maximum atomic E-state index is 13.2. The van der Waals surface area contributed by atoms with E-state index >= 15 is 0 Å². The van der Waals surface area contributed by atoms with Crippen molar-refractivity contribution in [1.82, 2.24) is 0 Å². The van der Waals surface area contributed by atoms with Gasteiger partial charge >= 0.3 is 25.8 Å². The Morgan fingerprint density at radius 2 is 1.43 bits per heavy atom. The Morgan fingerprint density at radius 1 is 0.786 bits per heavy atom. The molecule has 2 amide bonds. The van der Waals surface area contributed by atoms with Crippen LogP contribution in [0.15, 0.2) is 97.1 Å². The number of anilines is 3. The van der Waals surface area contributed by atoms with Crippen molar-refractivity contribution in [3.63, 3.8) is 0 Å². The highest BCUT2D eigenvalue weighted by molar-refractivity contribution is 7.47. The number of carbonyl (C=O) groups excluding carboxylic acids is 3. The molecular formula is C43H54N3O9P. The van der Waals surface area contributed by atoms with Gasteiger partial charge in [0.25, 0.3) is 0 Å². The number of benzene rings is 4. The summed E-state index contributed by atoms with van der Waals surface area (Å²) in [6.45, 7) is 13.5. The van der Waals surface area contributed by atoms with Gasteiger partial charge in [-0.15, -0.1) is 0 Å². The van der Waals surface area contributed by atoms with Gasteiger partial charge in [-0.2, -0.15) is 0 Å². The summed E-state index contributed by atoms with van der Waals surface area (Å²) in [6.07, 6.45) is 0.534. The first-order valence-electron chi connectivity index (χ1n) is 18.8. The summed E-state index contributed by atoms with van der Waals surface area (Å²) >= 11 is 0. The van der Waals surface area contributed by atoms with E-state index in [1.54, 1.807) is 36.4 Å². The van der Waals surface area contributed by atoms with Crippen LogP contribution in [0.3, 0.4) is 0 Å². The van der Waals surface area contributed by atoms with Crippen LogP contribution in [0.2, 0.25) is 0 Å². The second-order valence-corrected chi connectivity index (χ2v) is 15.9. The number of hydrogen-bond donors (Lipinski definition) is 3. The third kappa shape index (κ3) is 14.8. The van der Waals surface area contributed by atoms with Crippen molar-refractivity contribution >= 4 is 42.9 Å². The smallest absolute Gasteiger partial charge is 0.428 e. The van der Waals surface area contributed by atoms with E-state index in [2.05, 4.69) is 43.2 Å². The van der Waals surface area contributed by atoms with Gasteiger partial charge in [0.05, 0.1) is 30.8 Å². The molecule has 0 heterocycles. The number of nitrogens with one attached hydrogen (secondary N) is 2. The van der Waals surface area contributed by atoms with E-state index in [0.29, 0.717) is 35.2 Å². The number of carbonyl (C=O) groups is 3. The molecule has 1 unspecified atom stereocenters. The molecule has 56 heavy (non-hydrogen) atoms. The molecule has 13 heteroatoms. The largest absolute Gasteiger partial charge is 0.527 e. The quantitative estimate of drug-likeness (QED) is 0.0448. The molecule has 0 radical (unpaired) electrons. The molecule has 12 nitrogen and oxygen atoms in total. The number of amides is 2. The van der Waals surface area contributed by atoms with Crippen molar-refractivity contribution in [2.45, 2.75) is 73.3 Å². The molecular weight excluding hydrogens is 733 g/mol. The fourth-order valence-corrected chi connectivity index (χ4v) is 6.71. The third-order valence-corrected chi connectivity index (χ3v) is 9.53. The Hall–Kier alpha value is -5.16. The topological polar surface area (TPSA) is 153 Å². The molecule has 0 bridgehead atoms. The molecule has 0 saturated carbocycles. The molecule has 4 aromatic rings. The minimum Gasteiger partial charge on any atom is -0.428 e. The molecule has 0 aliphatic rings. The maximum Gasteiger partial charge on any atom is 0.527 e. The number of aryl methyl sites for hydroxylation is 1. The van der Waals surface area contributed by atoms with Gasteiger partial charge in [-0.25, -0.2) is 9.36 Å². The van der Waals surface area contributed by atoms with Crippen molar-refractivity contribution < 1.29 is 42.4 Å². The fourth-order valence-electron chi connectivity index (χ4n) is 5.95. The van der Waals surface area contributed by atoms with Crippen molar-refractivity contribution in [3.8, 4) is 5.75 Å². The Morgan fingerprint density at radius 3 is 2.05 bits per heavy atom. The number of esters is 2. The first-order valence-corrected chi connectivity index (χ1v) is 20.3. The van der Waals surface area contributed by atoms with E-state index in [1.807, 2.05) is 62.4 Å². The molecule has 0 aromatic heterocycles. The summed E-state index contributed by atoms with van der Waals surface area (Å²) < 4.78 is 33.0. The minimum absolute atomic E-state index is 0.0370. The van der Waals surface area contributed by atoms with Gasteiger partial charge in [0.1, 0.15) is 5.75 Å². The first-order chi connectivity index (χ1) is 26.7. The van der Waals surface area contributed by atoms with Gasteiger partial charge < -0.3 is 29.5 Å². The Balaban J connectivity index is 1.32. The van der Waals surface area contributed by atoms with E-state index in [9.17, 15) is 23.8 Å². The highest BCUT2D eigenvalue weighted by Crippen LogP contribution is 2.44. The van der Waals surface area contributed by atoms with Crippen LogP contribution in [-0.4, -0.2) is 42.7 Å². The van der Waals surface area contributed by atoms with Crippen molar-refractivity contribution in [2.75, 3.05) is 35.4 Å². The van der Waals surface area contributed by atoms with Crippen molar-refractivity contribution in [3.05, 3.63) is 119 Å². The molecule has 0 saturated heterocycles. The molecule has 0 fully saturated rings. The second-order valence-electron chi connectivity index (χ2n) is 14.5. The molecule has 3 N–H and O–H groups in total. The number of rotatable bonds is 20. The second kappa shape index (κ2) is 21.2. The van der Waals surface area contributed by atoms with E-state index in [4.69, 9.17) is 18.5 Å². The van der Waals surface area contributed by atoms with Crippen LogP contribution in [0.5, 0.6) is 5.75 Å². The summed E-state index contributed by atoms with van der Waals surface area (Å²) in [5.41, 5.74) is 5.42. The predicted molar refractivity (Wildman–Crippen MR) is 219 cm³/mol. The minimum atomic E-state index is -4.38. The van der Waals surface area contributed by atoms with Gasteiger partial charge in [0.15, 0.2) is 0 Å². The lowest BCUT2D eigenvalue weighted by Gasteiger charge is -2.31. The highest BCUT2D eigenvalue weighted by Gasteiger charge is 2.24. The van der Waals surface area contributed by atoms with Crippen molar-refractivity contribution in [2.24, 2.45) is 11.8 Å². The molecule has 300 valence electrons. The summed E-state index contributed by atoms with van der Waals surface area (Å²) in [6, 6.07) is 28.0. The van der Waals surface area contributed by atoms with Gasteiger partial charge in [-0.3, -0.25) is 19.0 Å². The molecule has 4 rings (SSSR count). The summed E-state index contributed by atoms with van der Waals surface area (Å²) in [7, 11) is -4.38. The number of nitrogens with zero attached hydrogens (tertiary/aromatic N) is 1. The zero-order valence-electron chi connectivity index (χ0n) is 33.0. The lowest BCUT2D eigenvalue weighted by Crippen LogP contribution is -2.32. The molecule has 0 aliphatic heterocycles. The summed E-state index contributed by atoms with van der Waals surface area (Å²) in [4.78, 5) is 51.1. The highest BCUT2D eigenvalue weighted by atomic mass is 31.2. The molecule has 0 aliphatic carbocycles. The molecule has 2 atom stereocenters. The maximum absolute atomic E-state index is 13.2. The summed E-state index contributed by atoms with van der Waals surface area (Å²) in [5.74, 6) is -0.530. The molecule has 0 spiro atoms. The SMILES string of the molecule is CC[C@@H](CC(=O)OCOC(=O)Cc1ccc(OP(=O)(O)OCc2ccccc2)cc1)c1ccc(N(CC(C)C)CC(C)C)c(NC(=O)Nc2ccc(C)cc2)c1. The number of phosphoric acid groups is 1. The van der Waals surface area contributed by atoms with Crippen LogP contribution in [0.1, 0.15) is 75.6 Å². The van der Waals surface area contributed by atoms with Crippen LogP contribution in [0.25, 0.3) is 0 Å². The van der Waals surface area contributed by atoms with E-state index in [-0.39, 0.29) is 37.1 Å². The van der Waals surface area contributed by atoms with Gasteiger partial charge in [-0.05, 0) is 84.2 Å². The first kappa shape index (κ1) is 43.6. The Kier molecular flexibility index (Phi) is 16.5. The van der Waals surface area contributed by atoms with Gasteiger partial charge in [0.2, 0.25) is 6.79 Å². The average Bonchev–Trinajstić information content (AvgIpc) is 3.14. The number of urea groups is 1. The van der Waals surface area contributed by atoms with Crippen molar-refractivity contribution in [1.29, 1.82) is 0 Å². The monoisotopic (exact) mass is 787 g/mol. The van der Waals surface area contributed by atoms with E-state index in [0.717, 1.165) is 35.5 Å². The van der Waals surface area contributed by atoms with Gasteiger partial charge in [0, 0.05) is 18.8 Å². The van der Waals surface area contributed by atoms with Crippen LogP contribution in [0.4, 0.5) is 21.9 Å². The van der Waals surface area contributed by atoms with E-state index in [1.165, 1.54) is 12.1 Å². The Bertz CT molecular complexity index is 1910. The fraction of sp³-hybridized carbons (Fsp3) is 0.372. The molecule has 4 aromatic carbocycles. The Labute approximate surface area is 330 Å². The number of phosphoric ester groups is 1. The van der Waals surface area contributed by atoms with Crippen LogP contribution < -0.4 is 20.1 Å². The lowest BCUT2D eigenvalue weighted by atomic mass is 9.92. The van der Waals surface area contributed by atoms with Gasteiger partial charge in [-0.1, -0.05) is 101 Å². The lowest BCUT2D eigenvalue weighted by molar-refractivity contribution is -0.167. The van der Waals surface area contributed by atoms with Crippen LogP contribution in [-0.2, 0) is 41.2 Å².